The average Bonchev–Trinajstić information content (AvgIpc) is 3.25. The first-order valence-electron chi connectivity index (χ1n) is 10.7. The van der Waals surface area contributed by atoms with Gasteiger partial charge in [0.1, 0.15) is 0 Å². The van der Waals surface area contributed by atoms with Crippen molar-refractivity contribution in [1.82, 2.24) is 10.3 Å². The Morgan fingerprint density at radius 3 is 2.47 bits per heavy atom. The number of ketones is 1. The van der Waals surface area contributed by atoms with Crippen LogP contribution in [0.1, 0.15) is 49.3 Å². The number of benzene rings is 2. The van der Waals surface area contributed by atoms with E-state index in [1.54, 1.807) is 42.5 Å². The van der Waals surface area contributed by atoms with Gasteiger partial charge in [0.2, 0.25) is 5.91 Å². The molecule has 8 nitrogen and oxygen atoms in total. The topological polar surface area (TPSA) is 114 Å². The summed E-state index contributed by atoms with van der Waals surface area (Å²) in [5, 5.41) is 5.77. The zero-order valence-corrected chi connectivity index (χ0v) is 19.5. The number of rotatable bonds is 6. The Morgan fingerprint density at radius 2 is 1.76 bits per heavy atom. The van der Waals surface area contributed by atoms with Gasteiger partial charge >= 0.3 is 5.97 Å². The predicted molar refractivity (Wildman–Crippen MR) is 127 cm³/mol. The fourth-order valence-electron chi connectivity index (χ4n) is 3.86. The SMILES string of the molecule is COC(=O)[C@@H](NC(=O)[C@H]1CC(=O)c2sc(NC(=O)c3ccccc3C)nc2C1)c1ccccc1. The third-order valence-corrected chi connectivity index (χ3v) is 6.71. The number of esters is 1. The maximum Gasteiger partial charge on any atom is 0.333 e. The Morgan fingerprint density at radius 1 is 1.06 bits per heavy atom. The minimum absolute atomic E-state index is 0.00507. The number of carbonyl (C=O) groups excluding carboxylic acids is 4. The van der Waals surface area contributed by atoms with E-state index in [-0.39, 0.29) is 24.5 Å². The van der Waals surface area contributed by atoms with Crippen LogP contribution in [0.3, 0.4) is 0 Å². The molecule has 1 aromatic heterocycles. The molecule has 0 bridgehead atoms. The summed E-state index contributed by atoms with van der Waals surface area (Å²) in [5.41, 5.74) is 2.40. The molecule has 2 aromatic carbocycles. The van der Waals surface area contributed by atoms with Gasteiger partial charge in [-0.15, -0.1) is 0 Å². The minimum atomic E-state index is -0.977. The third-order valence-electron chi connectivity index (χ3n) is 5.66. The molecular formula is C25H23N3O5S. The molecule has 34 heavy (non-hydrogen) atoms. The summed E-state index contributed by atoms with van der Waals surface area (Å²) in [7, 11) is 1.25. The smallest absolute Gasteiger partial charge is 0.333 e. The van der Waals surface area contributed by atoms with Crippen molar-refractivity contribution in [2.45, 2.75) is 25.8 Å². The highest BCUT2D eigenvalue weighted by Crippen LogP contribution is 2.33. The van der Waals surface area contributed by atoms with Crippen LogP contribution >= 0.6 is 11.3 Å². The van der Waals surface area contributed by atoms with E-state index in [9.17, 15) is 19.2 Å². The lowest BCUT2D eigenvalue weighted by atomic mass is 9.89. The van der Waals surface area contributed by atoms with Crippen molar-refractivity contribution in [3.8, 4) is 0 Å². The number of anilines is 1. The van der Waals surface area contributed by atoms with Gasteiger partial charge in [0, 0.05) is 18.4 Å². The van der Waals surface area contributed by atoms with Crippen LogP contribution in [0.4, 0.5) is 5.13 Å². The van der Waals surface area contributed by atoms with Gasteiger partial charge in [-0.2, -0.15) is 0 Å². The number of Topliss-reactive ketones (excluding diaryl/α,β-unsaturated/α-hetero) is 1. The second-order valence-corrected chi connectivity index (χ2v) is 8.97. The molecule has 1 aliphatic rings. The Bertz CT molecular complexity index is 1250. The van der Waals surface area contributed by atoms with Crippen molar-refractivity contribution < 1.29 is 23.9 Å². The van der Waals surface area contributed by atoms with Crippen molar-refractivity contribution in [3.63, 3.8) is 0 Å². The molecule has 0 aliphatic heterocycles. The second-order valence-electron chi connectivity index (χ2n) is 7.97. The number of aromatic nitrogens is 1. The van der Waals surface area contributed by atoms with E-state index in [4.69, 9.17) is 4.74 Å². The molecule has 0 saturated carbocycles. The Labute approximate surface area is 200 Å². The first kappa shape index (κ1) is 23.3. The first-order chi connectivity index (χ1) is 16.4. The van der Waals surface area contributed by atoms with Gasteiger partial charge in [-0.25, -0.2) is 9.78 Å². The number of hydrogen-bond donors (Lipinski definition) is 2. The first-order valence-corrected chi connectivity index (χ1v) is 11.5. The van der Waals surface area contributed by atoms with Crippen LogP contribution in [-0.2, 0) is 20.7 Å². The lowest BCUT2D eigenvalue weighted by molar-refractivity contribution is -0.145. The van der Waals surface area contributed by atoms with E-state index in [2.05, 4.69) is 15.6 Å². The largest absolute Gasteiger partial charge is 0.467 e. The highest BCUT2D eigenvalue weighted by atomic mass is 32.1. The number of amides is 2. The highest BCUT2D eigenvalue weighted by Gasteiger charge is 2.35. The zero-order chi connectivity index (χ0) is 24.2. The lowest BCUT2D eigenvalue weighted by Crippen LogP contribution is -2.40. The van der Waals surface area contributed by atoms with Gasteiger partial charge in [0.05, 0.1) is 23.6 Å². The fraction of sp³-hybridized carbons (Fsp3) is 0.240. The zero-order valence-electron chi connectivity index (χ0n) is 18.7. The van der Waals surface area contributed by atoms with Gasteiger partial charge in [0.25, 0.3) is 5.91 Å². The number of aryl methyl sites for hydroxylation is 1. The Kier molecular flexibility index (Phi) is 6.83. The molecule has 0 spiro atoms. The van der Waals surface area contributed by atoms with E-state index >= 15 is 0 Å². The third kappa shape index (κ3) is 4.89. The quantitative estimate of drug-likeness (QED) is 0.526. The highest BCUT2D eigenvalue weighted by molar-refractivity contribution is 7.17. The molecule has 3 aromatic rings. The monoisotopic (exact) mass is 477 g/mol. The van der Waals surface area contributed by atoms with Gasteiger partial charge in [0.15, 0.2) is 17.0 Å². The van der Waals surface area contributed by atoms with Crippen molar-refractivity contribution in [3.05, 3.63) is 81.9 Å². The molecule has 1 aliphatic carbocycles. The molecule has 0 radical (unpaired) electrons. The molecule has 9 heteroatoms. The molecule has 2 amide bonds. The van der Waals surface area contributed by atoms with Crippen LogP contribution in [-0.4, -0.2) is 35.7 Å². The number of methoxy groups -OCH3 is 1. The van der Waals surface area contributed by atoms with Crippen LogP contribution in [0.25, 0.3) is 0 Å². The second kappa shape index (κ2) is 9.96. The van der Waals surface area contributed by atoms with Crippen LogP contribution in [0.5, 0.6) is 0 Å². The molecule has 0 fully saturated rings. The van der Waals surface area contributed by atoms with Gasteiger partial charge in [-0.3, -0.25) is 19.7 Å². The lowest BCUT2D eigenvalue weighted by Gasteiger charge is -2.23. The molecule has 2 atom stereocenters. The van der Waals surface area contributed by atoms with Crippen LogP contribution in [0, 0.1) is 12.8 Å². The molecule has 4 rings (SSSR count). The van der Waals surface area contributed by atoms with Crippen molar-refractivity contribution in [2.24, 2.45) is 5.92 Å². The van der Waals surface area contributed by atoms with E-state index in [1.807, 2.05) is 19.1 Å². The molecular weight excluding hydrogens is 454 g/mol. The molecule has 0 unspecified atom stereocenters. The number of nitrogens with one attached hydrogen (secondary N) is 2. The summed E-state index contributed by atoms with van der Waals surface area (Å²) in [6, 6.07) is 15.0. The van der Waals surface area contributed by atoms with Gasteiger partial charge in [-0.1, -0.05) is 59.9 Å². The summed E-state index contributed by atoms with van der Waals surface area (Å²) in [6.07, 6.45) is 0.223. The Balaban J connectivity index is 1.48. The van der Waals surface area contributed by atoms with E-state index in [1.165, 1.54) is 7.11 Å². The molecule has 0 saturated heterocycles. The number of ether oxygens (including phenoxy) is 1. The van der Waals surface area contributed by atoms with E-state index in [0.29, 0.717) is 26.8 Å². The number of fused-ring (bicyclic) bond motifs is 1. The predicted octanol–water partition coefficient (Wildman–Crippen LogP) is 3.48. The number of carbonyl (C=O) groups is 4. The summed E-state index contributed by atoms with van der Waals surface area (Å²) in [4.78, 5) is 55.5. The summed E-state index contributed by atoms with van der Waals surface area (Å²) in [5.74, 6) is -2.24. The Hall–Kier alpha value is -3.85. The van der Waals surface area contributed by atoms with Crippen molar-refractivity contribution in [1.29, 1.82) is 0 Å². The van der Waals surface area contributed by atoms with Crippen molar-refractivity contribution in [2.75, 3.05) is 12.4 Å². The summed E-state index contributed by atoms with van der Waals surface area (Å²) in [6.45, 7) is 1.84. The van der Waals surface area contributed by atoms with Crippen molar-refractivity contribution >= 4 is 40.0 Å². The minimum Gasteiger partial charge on any atom is -0.467 e. The van der Waals surface area contributed by atoms with Gasteiger partial charge in [-0.05, 0) is 24.1 Å². The fourth-order valence-corrected chi connectivity index (χ4v) is 4.80. The van der Waals surface area contributed by atoms with Gasteiger partial charge < -0.3 is 10.1 Å². The standard InChI is InChI=1S/C25H23N3O5S/c1-14-8-6-7-11-17(14)23(31)28-25-26-18-12-16(13-19(29)21(18)34-25)22(30)27-20(24(32)33-2)15-9-4-3-5-10-15/h3-11,16,20H,12-13H2,1-2H3,(H,27,30)(H,26,28,31)/t16-,20+/m1/s1. The van der Waals surface area contributed by atoms with Crippen LogP contribution in [0.15, 0.2) is 54.6 Å². The summed E-state index contributed by atoms with van der Waals surface area (Å²) < 4.78 is 4.85. The molecule has 2 N–H and O–H groups in total. The van der Waals surface area contributed by atoms with E-state index in [0.717, 1.165) is 16.9 Å². The number of nitrogens with zero attached hydrogens (tertiary/aromatic N) is 1. The summed E-state index contributed by atoms with van der Waals surface area (Å²) >= 11 is 1.11. The van der Waals surface area contributed by atoms with E-state index < -0.39 is 23.8 Å². The number of hydrogen-bond acceptors (Lipinski definition) is 7. The maximum absolute atomic E-state index is 13.0. The molecule has 174 valence electrons. The maximum atomic E-state index is 13.0. The van der Waals surface area contributed by atoms with Crippen LogP contribution in [0.2, 0.25) is 0 Å². The number of thiazole rings is 1. The normalized spacial score (nSPS) is 15.7. The molecule has 1 heterocycles. The average molecular weight is 478 g/mol. The van der Waals surface area contributed by atoms with Crippen LogP contribution < -0.4 is 10.6 Å².